The Kier molecular flexibility index (Phi) is 7.21. The third-order valence-electron chi connectivity index (χ3n) is 10.5. The number of benzene rings is 8. The summed E-state index contributed by atoms with van der Waals surface area (Å²) in [6.07, 6.45) is 0. The lowest BCUT2D eigenvalue weighted by atomic mass is 9.81. The van der Waals surface area contributed by atoms with Gasteiger partial charge >= 0.3 is 0 Å². The predicted octanol–water partition coefficient (Wildman–Crippen LogP) is 13.6. The summed E-state index contributed by atoms with van der Waals surface area (Å²) in [5.74, 6) is 0. The van der Waals surface area contributed by atoms with Gasteiger partial charge in [0.05, 0.1) is 5.69 Å². The predicted molar refractivity (Wildman–Crippen MR) is 213 cm³/mol. The van der Waals surface area contributed by atoms with Crippen LogP contribution in [0.5, 0.6) is 0 Å². The Morgan fingerprint density at radius 1 is 0.340 bits per heavy atom. The van der Waals surface area contributed by atoms with Crippen LogP contribution in [0.1, 0.15) is 25.0 Å². The average molecular weight is 640 g/mol. The van der Waals surface area contributed by atoms with Gasteiger partial charge in [0, 0.05) is 22.4 Å². The molecule has 238 valence electrons. The highest BCUT2D eigenvalue weighted by molar-refractivity contribution is 5.98. The summed E-state index contributed by atoms with van der Waals surface area (Å²) in [6, 6.07) is 68.5. The summed E-state index contributed by atoms with van der Waals surface area (Å²) in [6.45, 7) is 4.74. The van der Waals surface area contributed by atoms with Gasteiger partial charge in [-0.15, -0.1) is 0 Å². The van der Waals surface area contributed by atoms with Crippen molar-refractivity contribution in [2.75, 3.05) is 4.90 Å². The van der Waals surface area contributed by atoms with Crippen LogP contribution in [0.25, 0.3) is 55.3 Å². The van der Waals surface area contributed by atoms with Gasteiger partial charge in [0.2, 0.25) is 0 Å². The van der Waals surface area contributed by atoms with Crippen LogP contribution in [-0.4, -0.2) is 0 Å². The third kappa shape index (κ3) is 4.94. The van der Waals surface area contributed by atoms with E-state index in [9.17, 15) is 0 Å². The molecule has 0 atom stereocenters. The summed E-state index contributed by atoms with van der Waals surface area (Å²) >= 11 is 0. The molecule has 9 rings (SSSR count). The molecule has 1 nitrogen and oxygen atoms in total. The lowest BCUT2D eigenvalue weighted by molar-refractivity contribution is 0.661. The topological polar surface area (TPSA) is 3.24 Å². The molecule has 0 amide bonds. The Morgan fingerprint density at radius 2 is 0.840 bits per heavy atom. The van der Waals surface area contributed by atoms with E-state index >= 15 is 0 Å². The van der Waals surface area contributed by atoms with Crippen LogP contribution >= 0.6 is 0 Å². The van der Waals surface area contributed by atoms with Crippen LogP contribution in [0.4, 0.5) is 17.1 Å². The Bertz CT molecular complexity index is 2510. The lowest BCUT2D eigenvalue weighted by Crippen LogP contribution is -2.17. The summed E-state index contributed by atoms with van der Waals surface area (Å²) < 4.78 is 0. The van der Waals surface area contributed by atoms with Crippen LogP contribution in [0.3, 0.4) is 0 Å². The van der Waals surface area contributed by atoms with Crippen LogP contribution in [0, 0.1) is 0 Å². The van der Waals surface area contributed by atoms with Crippen molar-refractivity contribution in [1.29, 1.82) is 0 Å². The summed E-state index contributed by atoms with van der Waals surface area (Å²) in [5.41, 5.74) is 16.0. The molecule has 0 N–H and O–H groups in total. The first-order valence-corrected chi connectivity index (χ1v) is 17.4. The number of para-hydroxylation sites is 2. The second-order valence-corrected chi connectivity index (χ2v) is 13.7. The van der Waals surface area contributed by atoms with Crippen molar-refractivity contribution in [3.8, 4) is 44.5 Å². The molecule has 0 saturated heterocycles. The highest BCUT2D eigenvalue weighted by Crippen LogP contribution is 2.52. The summed E-state index contributed by atoms with van der Waals surface area (Å²) in [4.78, 5) is 2.44. The molecule has 0 radical (unpaired) electrons. The fraction of sp³-hybridized carbons (Fsp3) is 0.0612. The molecular weight excluding hydrogens is 603 g/mol. The Morgan fingerprint density at radius 3 is 1.54 bits per heavy atom. The van der Waals surface area contributed by atoms with Gasteiger partial charge in [-0.05, 0) is 103 Å². The third-order valence-corrected chi connectivity index (χ3v) is 10.5. The summed E-state index contributed by atoms with van der Waals surface area (Å²) in [5, 5.41) is 2.58. The molecule has 0 bridgehead atoms. The van der Waals surface area contributed by atoms with Gasteiger partial charge < -0.3 is 4.90 Å². The van der Waals surface area contributed by atoms with Crippen molar-refractivity contribution in [3.63, 3.8) is 0 Å². The molecular formula is C49H37N. The van der Waals surface area contributed by atoms with E-state index in [4.69, 9.17) is 0 Å². The summed E-state index contributed by atoms with van der Waals surface area (Å²) in [7, 11) is 0. The highest BCUT2D eigenvalue weighted by atomic mass is 15.1. The fourth-order valence-electron chi connectivity index (χ4n) is 7.99. The molecule has 0 unspecified atom stereocenters. The van der Waals surface area contributed by atoms with Gasteiger partial charge in [-0.2, -0.15) is 0 Å². The number of anilines is 3. The molecule has 50 heavy (non-hydrogen) atoms. The largest absolute Gasteiger partial charge is 0.310 e. The Labute approximate surface area is 294 Å². The maximum atomic E-state index is 2.44. The second-order valence-electron chi connectivity index (χ2n) is 13.7. The molecule has 0 aliphatic heterocycles. The monoisotopic (exact) mass is 639 g/mol. The van der Waals surface area contributed by atoms with Crippen molar-refractivity contribution in [2.24, 2.45) is 0 Å². The van der Waals surface area contributed by atoms with E-state index in [1.165, 1.54) is 66.4 Å². The van der Waals surface area contributed by atoms with Gasteiger partial charge in [-0.1, -0.05) is 159 Å². The van der Waals surface area contributed by atoms with Gasteiger partial charge in [-0.25, -0.2) is 0 Å². The van der Waals surface area contributed by atoms with Gasteiger partial charge in [0.25, 0.3) is 0 Å². The number of rotatable bonds is 6. The maximum Gasteiger partial charge on any atom is 0.0540 e. The van der Waals surface area contributed by atoms with Crippen molar-refractivity contribution in [2.45, 2.75) is 19.3 Å². The molecule has 8 aromatic rings. The van der Waals surface area contributed by atoms with Gasteiger partial charge in [0.15, 0.2) is 0 Å². The fourth-order valence-corrected chi connectivity index (χ4v) is 7.99. The van der Waals surface area contributed by atoms with Crippen molar-refractivity contribution in [3.05, 3.63) is 199 Å². The lowest BCUT2D eigenvalue weighted by Gasteiger charge is -2.30. The quantitative estimate of drug-likeness (QED) is 0.175. The SMILES string of the molecule is CC1(C)c2cc(N(c3ccccc3)c3ccccc3-c3ccccc3-c3ccccc3-c3ccccc3)ccc2-c2cc3ccccc3cc21. The first-order valence-electron chi connectivity index (χ1n) is 17.4. The smallest absolute Gasteiger partial charge is 0.0540 e. The van der Waals surface area contributed by atoms with Crippen LogP contribution in [0.15, 0.2) is 188 Å². The zero-order valence-electron chi connectivity index (χ0n) is 28.3. The molecule has 0 saturated carbocycles. The van der Waals surface area contributed by atoms with E-state index in [1.807, 2.05) is 0 Å². The van der Waals surface area contributed by atoms with Crippen molar-refractivity contribution in [1.82, 2.24) is 0 Å². The zero-order chi connectivity index (χ0) is 33.7. The van der Waals surface area contributed by atoms with Crippen molar-refractivity contribution < 1.29 is 0 Å². The van der Waals surface area contributed by atoms with Crippen LogP contribution in [0.2, 0.25) is 0 Å². The highest BCUT2D eigenvalue weighted by Gasteiger charge is 2.36. The van der Waals surface area contributed by atoms with E-state index in [1.54, 1.807) is 0 Å². The molecule has 0 spiro atoms. The number of hydrogen-bond acceptors (Lipinski definition) is 1. The molecule has 1 aliphatic carbocycles. The Balaban J connectivity index is 1.23. The average Bonchev–Trinajstić information content (AvgIpc) is 3.39. The van der Waals surface area contributed by atoms with E-state index in [0.29, 0.717) is 0 Å². The van der Waals surface area contributed by atoms with E-state index in [-0.39, 0.29) is 5.41 Å². The van der Waals surface area contributed by atoms with E-state index < -0.39 is 0 Å². The molecule has 8 aromatic carbocycles. The first kappa shape index (κ1) is 29.9. The molecule has 0 fully saturated rings. The molecule has 0 heterocycles. The normalized spacial score (nSPS) is 12.8. The minimum absolute atomic E-state index is 0.139. The Hall–Kier alpha value is -6.18. The molecule has 0 aromatic heterocycles. The first-order chi connectivity index (χ1) is 24.6. The van der Waals surface area contributed by atoms with E-state index in [0.717, 1.165) is 17.1 Å². The number of nitrogens with zero attached hydrogens (tertiary/aromatic N) is 1. The van der Waals surface area contributed by atoms with Gasteiger partial charge in [-0.3, -0.25) is 0 Å². The number of hydrogen-bond donors (Lipinski definition) is 0. The minimum atomic E-state index is -0.139. The zero-order valence-corrected chi connectivity index (χ0v) is 28.3. The van der Waals surface area contributed by atoms with Crippen molar-refractivity contribution >= 4 is 27.8 Å². The maximum absolute atomic E-state index is 2.44. The van der Waals surface area contributed by atoms with Crippen LogP contribution in [-0.2, 0) is 5.41 Å². The minimum Gasteiger partial charge on any atom is -0.310 e. The van der Waals surface area contributed by atoms with E-state index in [2.05, 4.69) is 207 Å². The van der Waals surface area contributed by atoms with Gasteiger partial charge in [0.1, 0.15) is 0 Å². The molecule has 1 heteroatoms. The van der Waals surface area contributed by atoms with Crippen LogP contribution < -0.4 is 4.90 Å². The standard InChI is InChI=1S/C49H37N/c1-49(2)46-32-36-20-10-9-19-35(36)31-45(46)43-30-29-38(33-47(43)49)50(37-21-7-4-8-22-37)48-28-16-15-27-44(48)42-26-14-13-25-41(42)40-24-12-11-23-39(40)34-17-5-3-6-18-34/h3-33H,1-2H3. The molecule has 1 aliphatic rings. The second kappa shape index (κ2) is 12.1. The number of fused-ring (bicyclic) bond motifs is 4.